The molecule has 0 aliphatic carbocycles. The smallest absolute Gasteiger partial charge is 0.335 e. The van der Waals surface area contributed by atoms with E-state index in [9.17, 15) is 14.0 Å². The van der Waals surface area contributed by atoms with Crippen LogP contribution in [0.2, 0.25) is 0 Å². The van der Waals surface area contributed by atoms with Crippen molar-refractivity contribution in [3.05, 3.63) is 63.4 Å². The summed E-state index contributed by atoms with van der Waals surface area (Å²) in [6.45, 7) is 1.74. The van der Waals surface area contributed by atoms with Gasteiger partial charge >= 0.3 is 5.97 Å². The van der Waals surface area contributed by atoms with E-state index in [0.717, 1.165) is 0 Å². The molecule has 0 atom stereocenters. The number of hydrogen-bond donors (Lipinski definition) is 2. The second kappa shape index (κ2) is 6.05. The van der Waals surface area contributed by atoms with Crippen molar-refractivity contribution >= 4 is 33.5 Å². The van der Waals surface area contributed by atoms with Gasteiger partial charge in [0.05, 0.1) is 10.0 Å². The number of rotatable bonds is 3. The normalized spacial score (nSPS) is 10.2. The van der Waals surface area contributed by atoms with Gasteiger partial charge in [0, 0.05) is 11.3 Å². The molecule has 0 fully saturated rings. The molecule has 21 heavy (non-hydrogen) atoms. The molecule has 2 N–H and O–H groups in total. The van der Waals surface area contributed by atoms with Crippen LogP contribution >= 0.6 is 15.9 Å². The molecule has 0 spiro atoms. The van der Waals surface area contributed by atoms with E-state index >= 15 is 0 Å². The predicted molar refractivity (Wildman–Crippen MR) is 80.2 cm³/mol. The van der Waals surface area contributed by atoms with Crippen LogP contribution in [-0.4, -0.2) is 17.0 Å². The summed E-state index contributed by atoms with van der Waals surface area (Å²) in [5, 5.41) is 11.4. The number of anilines is 1. The summed E-state index contributed by atoms with van der Waals surface area (Å²) in [5.74, 6) is -1.97. The number of aromatic carboxylic acids is 1. The Kier molecular flexibility index (Phi) is 4.37. The van der Waals surface area contributed by atoms with Crippen LogP contribution in [0.5, 0.6) is 0 Å². The minimum Gasteiger partial charge on any atom is -0.478 e. The molecular formula is C15H11BrFNO3. The number of halogens is 2. The highest BCUT2D eigenvalue weighted by Crippen LogP contribution is 2.24. The van der Waals surface area contributed by atoms with Gasteiger partial charge in [-0.15, -0.1) is 0 Å². The van der Waals surface area contributed by atoms with Gasteiger partial charge in [0.2, 0.25) is 0 Å². The van der Waals surface area contributed by atoms with Crippen molar-refractivity contribution in [1.82, 2.24) is 0 Å². The third kappa shape index (κ3) is 3.46. The Morgan fingerprint density at radius 3 is 2.29 bits per heavy atom. The molecule has 108 valence electrons. The van der Waals surface area contributed by atoms with E-state index in [0.29, 0.717) is 21.3 Å². The zero-order valence-corrected chi connectivity index (χ0v) is 12.6. The second-order valence-electron chi connectivity index (χ2n) is 4.42. The zero-order chi connectivity index (χ0) is 15.6. The summed E-state index contributed by atoms with van der Waals surface area (Å²) in [7, 11) is 0. The van der Waals surface area contributed by atoms with Crippen LogP contribution in [0.3, 0.4) is 0 Å². The first-order valence-electron chi connectivity index (χ1n) is 5.99. The third-order valence-electron chi connectivity index (χ3n) is 2.91. The Labute approximate surface area is 128 Å². The number of carboxylic acid groups (broad SMARTS) is 1. The standard InChI is InChI=1S/C15H11BrFNO3/c1-8-6-11(16)12(17)7-13(8)18-14(19)9-2-4-10(5-3-9)15(20)21/h2-7H,1H3,(H,18,19)(H,20,21). The average molecular weight is 352 g/mol. The summed E-state index contributed by atoms with van der Waals surface area (Å²) in [4.78, 5) is 22.8. The monoisotopic (exact) mass is 351 g/mol. The molecule has 2 aromatic carbocycles. The van der Waals surface area contributed by atoms with Gasteiger partial charge in [-0.05, 0) is 64.8 Å². The largest absolute Gasteiger partial charge is 0.478 e. The number of carbonyl (C=O) groups excluding carboxylic acids is 1. The molecule has 0 aliphatic rings. The maximum absolute atomic E-state index is 13.5. The Morgan fingerprint density at radius 1 is 1.14 bits per heavy atom. The molecule has 0 radical (unpaired) electrons. The Balaban J connectivity index is 2.22. The zero-order valence-electron chi connectivity index (χ0n) is 11.0. The quantitative estimate of drug-likeness (QED) is 0.882. The van der Waals surface area contributed by atoms with Crippen LogP contribution in [0.4, 0.5) is 10.1 Å². The summed E-state index contributed by atoms with van der Waals surface area (Å²) in [6.07, 6.45) is 0. The summed E-state index contributed by atoms with van der Waals surface area (Å²) in [6, 6.07) is 8.28. The molecule has 1 amide bonds. The first-order chi connectivity index (χ1) is 9.88. The predicted octanol–water partition coefficient (Wildman–Crippen LogP) is 3.85. The highest BCUT2D eigenvalue weighted by atomic mass is 79.9. The van der Waals surface area contributed by atoms with Crippen molar-refractivity contribution in [1.29, 1.82) is 0 Å². The van der Waals surface area contributed by atoms with Crippen LogP contribution < -0.4 is 5.32 Å². The topological polar surface area (TPSA) is 66.4 Å². The Morgan fingerprint density at radius 2 is 1.71 bits per heavy atom. The molecule has 4 nitrogen and oxygen atoms in total. The molecule has 0 aliphatic heterocycles. The fourth-order valence-corrected chi connectivity index (χ4v) is 2.20. The molecular weight excluding hydrogens is 341 g/mol. The van der Waals surface area contributed by atoms with Gasteiger partial charge in [0.1, 0.15) is 5.82 Å². The van der Waals surface area contributed by atoms with Crippen molar-refractivity contribution in [2.75, 3.05) is 5.32 Å². The molecule has 0 saturated carbocycles. The van der Waals surface area contributed by atoms with E-state index in [-0.39, 0.29) is 5.56 Å². The molecule has 0 bridgehead atoms. The summed E-state index contributed by atoms with van der Waals surface area (Å²) >= 11 is 3.07. The lowest BCUT2D eigenvalue weighted by Gasteiger charge is -2.09. The van der Waals surface area contributed by atoms with Crippen molar-refractivity contribution in [3.63, 3.8) is 0 Å². The van der Waals surface area contributed by atoms with Gasteiger partial charge in [-0.2, -0.15) is 0 Å². The van der Waals surface area contributed by atoms with E-state index in [2.05, 4.69) is 21.2 Å². The highest BCUT2D eigenvalue weighted by Gasteiger charge is 2.11. The lowest BCUT2D eigenvalue weighted by Crippen LogP contribution is -2.13. The SMILES string of the molecule is Cc1cc(Br)c(F)cc1NC(=O)c1ccc(C(=O)O)cc1. The van der Waals surface area contributed by atoms with Gasteiger partial charge in [-0.3, -0.25) is 4.79 Å². The number of aryl methyl sites for hydroxylation is 1. The molecule has 0 aromatic heterocycles. The van der Waals surface area contributed by atoms with Crippen LogP contribution in [0.25, 0.3) is 0 Å². The van der Waals surface area contributed by atoms with Crippen LogP contribution in [-0.2, 0) is 0 Å². The van der Waals surface area contributed by atoms with E-state index in [4.69, 9.17) is 5.11 Å². The molecule has 2 aromatic rings. The summed E-state index contributed by atoms with van der Waals surface area (Å²) < 4.78 is 13.8. The number of carboxylic acids is 1. The third-order valence-corrected chi connectivity index (χ3v) is 3.52. The Hall–Kier alpha value is -2.21. The summed E-state index contributed by atoms with van der Waals surface area (Å²) in [5.41, 5.74) is 1.46. The average Bonchev–Trinajstić information content (AvgIpc) is 2.44. The number of hydrogen-bond acceptors (Lipinski definition) is 2. The number of nitrogens with one attached hydrogen (secondary N) is 1. The lowest BCUT2D eigenvalue weighted by molar-refractivity contribution is 0.0696. The van der Waals surface area contributed by atoms with Crippen LogP contribution in [0, 0.1) is 12.7 Å². The lowest BCUT2D eigenvalue weighted by atomic mass is 10.1. The van der Waals surface area contributed by atoms with Crippen LogP contribution in [0.1, 0.15) is 26.3 Å². The van der Waals surface area contributed by atoms with Gasteiger partial charge in [0.25, 0.3) is 5.91 Å². The minimum absolute atomic E-state index is 0.0948. The fraction of sp³-hybridized carbons (Fsp3) is 0.0667. The second-order valence-corrected chi connectivity index (χ2v) is 5.27. The van der Waals surface area contributed by atoms with E-state index in [1.807, 2.05) is 0 Å². The van der Waals surface area contributed by atoms with Crippen molar-refractivity contribution in [2.45, 2.75) is 6.92 Å². The van der Waals surface area contributed by atoms with Gasteiger partial charge in [-0.25, -0.2) is 9.18 Å². The van der Waals surface area contributed by atoms with Gasteiger partial charge in [0.15, 0.2) is 0 Å². The van der Waals surface area contributed by atoms with Gasteiger partial charge < -0.3 is 10.4 Å². The van der Waals surface area contributed by atoms with E-state index < -0.39 is 17.7 Å². The van der Waals surface area contributed by atoms with Gasteiger partial charge in [-0.1, -0.05) is 0 Å². The van der Waals surface area contributed by atoms with E-state index in [1.54, 1.807) is 13.0 Å². The van der Waals surface area contributed by atoms with Crippen molar-refractivity contribution < 1.29 is 19.1 Å². The molecule has 0 unspecified atom stereocenters. The van der Waals surface area contributed by atoms with Crippen molar-refractivity contribution in [3.8, 4) is 0 Å². The number of benzene rings is 2. The molecule has 0 saturated heterocycles. The fourth-order valence-electron chi connectivity index (χ4n) is 1.74. The number of carbonyl (C=O) groups is 2. The molecule has 6 heteroatoms. The first kappa shape index (κ1) is 15.2. The molecule has 0 heterocycles. The minimum atomic E-state index is -1.06. The number of amides is 1. The van der Waals surface area contributed by atoms with Crippen LogP contribution in [0.15, 0.2) is 40.9 Å². The Bertz CT molecular complexity index is 714. The maximum atomic E-state index is 13.5. The molecule has 2 rings (SSSR count). The highest BCUT2D eigenvalue weighted by molar-refractivity contribution is 9.10. The van der Waals surface area contributed by atoms with E-state index in [1.165, 1.54) is 30.3 Å². The van der Waals surface area contributed by atoms with Crippen molar-refractivity contribution in [2.24, 2.45) is 0 Å². The maximum Gasteiger partial charge on any atom is 0.335 e. The first-order valence-corrected chi connectivity index (χ1v) is 6.78.